The number of aryl methyl sites for hydroxylation is 1. The Kier molecular flexibility index (Phi) is 3.07. The van der Waals surface area contributed by atoms with Gasteiger partial charge in [0.05, 0.1) is 11.8 Å². The largest absolute Gasteiger partial charge is 0.480 e. The number of carboxylic acids is 1. The lowest BCUT2D eigenvalue weighted by molar-refractivity contribution is -0.141. The van der Waals surface area contributed by atoms with Crippen LogP contribution in [0.1, 0.15) is 21.8 Å². The van der Waals surface area contributed by atoms with Crippen molar-refractivity contribution < 1.29 is 19.8 Å². The standard InChI is InChI=1S/C9H11N3O4S/c1-4-7(17-11-10-4)8(14)12-3-5(13)2-6(12)9(15)16/h5-6,13H,2-3H2,1H3,(H,15,16)/t5-,6-/m0/s1. The number of likely N-dealkylation sites (tertiary alicyclic amines) is 1. The summed E-state index contributed by atoms with van der Waals surface area (Å²) in [4.78, 5) is 24.5. The Balaban J connectivity index is 2.25. The van der Waals surface area contributed by atoms with E-state index in [1.54, 1.807) is 6.92 Å². The van der Waals surface area contributed by atoms with Crippen LogP contribution in [0.25, 0.3) is 0 Å². The predicted molar refractivity (Wildman–Crippen MR) is 57.7 cm³/mol. The molecule has 1 aromatic heterocycles. The van der Waals surface area contributed by atoms with E-state index in [4.69, 9.17) is 5.11 Å². The van der Waals surface area contributed by atoms with Crippen molar-refractivity contribution in [2.45, 2.75) is 25.5 Å². The fourth-order valence-corrected chi connectivity index (χ4v) is 2.44. The Labute approximate surface area is 101 Å². The van der Waals surface area contributed by atoms with E-state index in [0.29, 0.717) is 10.6 Å². The third kappa shape index (κ3) is 2.13. The van der Waals surface area contributed by atoms with Crippen LogP contribution in [0, 0.1) is 6.92 Å². The summed E-state index contributed by atoms with van der Waals surface area (Å²) in [6.45, 7) is 1.67. The maximum absolute atomic E-state index is 12.1. The second-order valence-corrected chi connectivity index (χ2v) is 4.64. The molecule has 8 heteroatoms. The number of aliphatic hydroxyl groups excluding tert-OH is 1. The number of aromatic nitrogens is 2. The maximum Gasteiger partial charge on any atom is 0.326 e. The summed E-state index contributed by atoms with van der Waals surface area (Å²) in [5.41, 5.74) is 0.477. The van der Waals surface area contributed by atoms with Crippen LogP contribution in [-0.4, -0.2) is 55.3 Å². The number of carbonyl (C=O) groups is 2. The average Bonchev–Trinajstić information content (AvgIpc) is 2.83. The summed E-state index contributed by atoms with van der Waals surface area (Å²) in [5.74, 6) is -1.54. The van der Waals surface area contributed by atoms with E-state index in [1.165, 1.54) is 0 Å². The van der Waals surface area contributed by atoms with Gasteiger partial charge in [0.1, 0.15) is 10.9 Å². The summed E-state index contributed by atoms with van der Waals surface area (Å²) < 4.78 is 3.64. The first-order valence-corrected chi connectivity index (χ1v) is 5.79. The second kappa shape index (κ2) is 4.38. The topological polar surface area (TPSA) is 104 Å². The molecule has 1 amide bonds. The number of rotatable bonds is 2. The number of nitrogens with zero attached hydrogens (tertiary/aromatic N) is 3. The van der Waals surface area contributed by atoms with Gasteiger partial charge >= 0.3 is 5.97 Å². The molecule has 1 saturated heterocycles. The van der Waals surface area contributed by atoms with Gasteiger partial charge < -0.3 is 15.1 Å². The van der Waals surface area contributed by atoms with Crippen molar-refractivity contribution >= 4 is 23.4 Å². The third-order valence-electron chi connectivity index (χ3n) is 2.67. The number of carbonyl (C=O) groups excluding carboxylic acids is 1. The van der Waals surface area contributed by atoms with Crippen molar-refractivity contribution in [1.29, 1.82) is 0 Å². The zero-order valence-electron chi connectivity index (χ0n) is 9.03. The highest BCUT2D eigenvalue weighted by Crippen LogP contribution is 2.22. The zero-order chi connectivity index (χ0) is 12.6. The molecule has 1 fully saturated rings. The molecule has 2 rings (SSSR count). The van der Waals surface area contributed by atoms with Crippen molar-refractivity contribution in [2.24, 2.45) is 0 Å². The minimum Gasteiger partial charge on any atom is -0.480 e. The Morgan fingerprint density at radius 1 is 1.53 bits per heavy atom. The van der Waals surface area contributed by atoms with E-state index in [1.807, 2.05) is 0 Å². The highest BCUT2D eigenvalue weighted by molar-refractivity contribution is 7.07. The lowest BCUT2D eigenvalue weighted by atomic mass is 10.2. The van der Waals surface area contributed by atoms with Gasteiger partial charge in [-0.3, -0.25) is 4.79 Å². The number of carboxylic acid groups (broad SMARTS) is 1. The molecule has 92 valence electrons. The van der Waals surface area contributed by atoms with Gasteiger partial charge in [-0.05, 0) is 18.5 Å². The van der Waals surface area contributed by atoms with Gasteiger partial charge in [-0.2, -0.15) is 0 Å². The van der Waals surface area contributed by atoms with Crippen LogP contribution in [0.3, 0.4) is 0 Å². The molecule has 7 nitrogen and oxygen atoms in total. The van der Waals surface area contributed by atoms with Crippen LogP contribution >= 0.6 is 11.5 Å². The van der Waals surface area contributed by atoms with Gasteiger partial charge in [0.2, 0.25) is 0 Å². The fraction of sp³-hybridized carbons (Fsp3) is 0.556. The molecule has 0 bridgehead atoms. The highest BCUT2D eigenvalue weighted by Gasteiger charge is 2.40. The summed E-state index contributed by atoms with van der Waals surface area (Å²) >= 11 is 0.933. The number of hydrogen-bond acceptors (Lipinski definition) is 6. The van der Waals surface area contributed by atoms with E-state index in [-0.39, 0.29) is 13.0 Å². The zero-order valence-corrected chi connectivity index (χ0v) is 9.85. The molecule has 0 spiro atoms. The van der Waals surface area contributed by atoms with E-state index >= 15 is 0 Å². The Morgan fingerprint density at radius 3 is 2.76 bits per heavy atom. The quantitative estimate of drug-likeness (QED) is 0.740. The first kappa shape index (κ1) is 11.9. The fourth-order valence-electron chi connectivity index (χ4n) is 1.83. The van der Waals surface area contributed by atoms with Gasteiger partial charge in [-0.1, -0.05) is 4.49 Å². The predicted octanol–water partition coefficient (Wildman–Crippen LogP) is -0.493. The molecule has 0 aromatic carbocycles. The highest BCUT2D eigenvalue weighted by atomic mass is 32.1. The number of aliphatic carboxylic acids is 1. The number of aliphatic hydroxyl groups is 1. The summed E-state index contributed by atoms with van der Waals surface area (Å²) in [6.07, 6.45) is -0.729. The lowest BCUT2D eigenvalue weighted by Gasteiger charge is -2.20. The summed E-state index contributed by atoms with van der Waals surface area (Å²) in [5, 5.41) is 22.1. The SMILES string of the molecule is Cc1nnsc1C(=O)N1C[C@@H](O)C[C@H]1C(=O)O. The molecule has 2 atom stereocenters. The minimum absolute atomic E-state index is 0.0349. The number of β-amino-alcohol motifs (C(OH)–C–C–N with tert-alkyl or cyclic N) is 1. The normalized spacial score (nSPS) is 24.0. The van der Waals surface area contributed by atoms with Gasteiger partial charge in [-0.25, -0.2) is 4.79 Å². The van der Waals surface area contributed by atoms with Crippen LogP contribution in [0.2, 0.25) is 0 Å². The first-order valence-electron chi connectivity index (χ1n) is 5.01. The first-order chi connectivity index (χ1) is 8.00. The van der Waals surface area contributed by atoms with E-state index in [2.05, 4.69) is 9.59 Å². The van der Waals surface area contributed by atoms with Crippen LogP contribution in [-0.2, 0) is 4.79 Å². The van der Waals surface area contributed by atoms with Crippen molar-refractivity contribution in [2.75, 3.05) is 6.54 Å². The molecule has 0 radical (unpaired) electrons. The summed E-state index contributed by atoms with van der Waals surface area (Å²) in [6, 6.07) is -0.973. The molecule has 1 aliphatic rings. The Bertz CT molecular complexity index is 461. The van der Waals surface area contributed by atoms with Crippen LogP contribution in [0.4, 0.5) is 0 Å². The van der Waals surface area contributed by atoms with Crippen LogP contribution in [0.5, 0.6) is 0 Å². The van der Waals surface area contributed by atoms with Crippen LogP contribution in [0.15, 0.2) is 0 Å². The molecular weight excluding hydrogens is 246 g/mol. The number of hydrogen-bond donors (Lipinski definition) is 2. The van der Waals surface area contributed by atoms with Gasteiger partial charge in [0, 0.05) is 13.0 Å². The minimum atomic E-state index is -1.11. The van der Waals surface area contributed by atoms with Crippen molar-refractivity contribution in [3.05, 3.63) is 10.6 Å². The van der Waals surface area contributed by atoms with Crippen LogP contribution < -0.4 is 0 Å². The molecule has 0 saturated carbocycles. The smallest absolute Gasteiger partial charge is 0.326 e. The van der Waals surface area contributed by atoms with E-state index in [9.17, 15) is 14.7 Å². The van der Waals surface area contributed by atoms with Gasteiger partial charge in [0.15, 0.2) is 0 Å². The average molecular weight is 257 g/mol. The molecule has 17 heavy (non-hydrogen) atoms. The molecule has 0 unspecified atom stereocenters. The second-order valence-electron chi connectivity index (χ2n) is 3.89. The van der Waals surface area contributed by atoms with Crippen molar-refractivity contribution in [3.8, 4) is 0 Å². The van der Waals surface area contributed by atoms with Gasteiger partial charge in [0.25, 0.3) is 5.91 Å². The third-order valence-corrected chi connectivity index (χ3v) is 3.49. The van der Waals surface area contributed by atoms with Crippen molar-refractivity contribution in [3.63, 3.8) is 0 Å². The van der Waals surface area contributed by atoms with Gasteiger partial charge in [-0.15, -0.1) is 5.10 Å². The Hall–Kier alpha value is -1.54. The maximum atomic E-state index is 12.1. The molecule has 1 aromatic rings. The molecular formula is C9H11N3O4S. The number of amides is 1. The van der Waals surface area contributed by atoms with Crippen molar-refractivity contribution in [1.82, 2.24) is 14.5 Å². The molecule has 1 aliphatic heterocycles. The molecule has 2 N–H and O–H groups in total. The Morgan fingerprint density at radius 2 is 2.24 bits per heavy atom. The molecule has 0 aliphatic carbocycles. The molecule has 2 heterocycles. The summed E-state index contributed by atoms with van der Waals surface area (Å²) in [7, 11) is 0. The lowest BCUT2D eigenvalue weighted by Crippen LogP contribution is -2.40. The monoisotopic (exact) mass is 257 g/mol. The van der Waals surface area contributed by atoms with E-state index < -0.39 is 24.0 Å². The van der Waals surface area contributed by atoms with E-state index in [0.717, 1.165) is 16.4 Å².